The summed E-state index contributed by atoms with van der Waals surface area (Å²) in [5.74, 6) is -1.24. The molecule has 2 atom stereocenters. The standard InChI is InChI=1S/C15H21NO3S/c17-14(7-6-11-8-9-20-10-11)16-13-5-3-1-2-4-12(13)15(18)19/h8-10,12-13H,1-7H2,(H,16,17)(H,18,19)/t12-,13+/m1/s1. The van der Waals surface area contributed by atoms with E-state index in [1.165, 1.54) is 5.56 Å². The highest BCUT2D eigenvalue weighted by Gasteiger charge is 2.30. The molecule has 2 N–H and O–H groups in total. The van der Waals surface area contributed by atoms with Crippen LogP contribution in [0, 0.1) is 5.92 Å². The molecule has 0 aliphatic heterocycles. The van der Waals surface area contributed by atoms with Crippen LogP contribution in [0.1, 0.15) is 44.1 Å². The Morgan fingerprint density at radius 1 is 1.30 bits per heavy atom. The number of aliphatic carboxylic acids is 1. The lowest BCUT2D eigenvalue weighted by atomic mass is 9.94. The number of rotatable bonds is 5. The number of thiophene rings is 1. The van der Waals surface area contributed by atoms with E-state index >= 15 is 0 Å². The maximum atomic E-state index is 12.0. The van der Waals surface area contributed by atoms with Gasteiger partial charge in [-0.3, -0.25) is 9.59 Å². The van der Waals surface area contributed by atoms with Crippen LogP contribution in [0.5, 0.6) is 0 Å². The van der Waals surface area contributed by atoms with E-state index in [0.29, 0.717) is 12.8 Å². The Hall–Kier alpha value is -1.36. The van der Waals surface area contributed by atoms with Gasteiger partial charge in [-0.2, -0.15) is 11.3 Å². The second-order valence-corrected chi connectivity index (χ2v) is 6.17. The van der Waals surface area contributed by atoms with Gasteiger partial charge in [0.25, 0.3) is 0 Å². The molecule has 0 unspecified atom stereocenters. The Kier molecular flexibility index (Phi) is 5.59. The maximum absolute atomic E-state index is 12.0. The Morgan fingerprint density at radius 3 is 2.80 bits per heavy atom. The van der Waals surface area contributed by atoms with Gasteiger partial charge in [0.05, 0.1) is 5.92 Å². The molecule has 0 saturated heterocycles. The summed E-state index contributed by atoms with van der Waals surface area (Å²) in [6, 6.07) is 1.81. The van der Waals surface area contributed by atoms with Gasteiger partial charge in [-0.1, -0.05) is 19.3 Å². The summed E-state index contributed by atoms with van der Waals surface area (Å²) in [6.07, 6.45) is 5.61. The molecule has 20 heavy (non-hydrogen) atoms. The molecule has 0 aromatic carbocycles. The third kappa shape index (κ3) is 4.34. The fraction of sp³-hybridized carbons (Fsp3) is 0.600. The molecule has 2 rings (SSSR count). The molecule has 110 valence electrons. The van der Waals surface area contributed by atoms with Crippen LogP contribution in [-0.4, -0.2) is 23.0 Å². The van der Waals surface area contributed by atoms with Crippen LogP contribution in [0.3, 0.4) is 0 Å². The van der Waals surface area contributed by atoms with Gasteiger partial charge in [0.2, 0.25) is 5.91 Å². The Balaban J connectivity index is 1.85. The normalized spacial score (nSPS) is 23.0. The monoisotopic (exact) mass is 295 g/mol. The minimum absolute atomic E-state index is 0.0330. The van der Waals surface area contributed by atoms with Crippen LogP contribution in [0.25, 0.3) is 0 Å². The molecule has 0 radical (unpaired) electrons. The lowest BCUT2D eigenvalue weighted by molar-refractivity contribution is -0.143. The Labute approximate surface area is 123 Å². The zero-order chi connectivity index (χ0) is 14.4. The van der Waals surface area contributed by atoms with E-state index in [1.54, 1.807) is 11.3 Å². The summed E-state index contributed by atoms with van der Waals surface area (Å²) >= 11 is 1.62. The second kappa shape index (κ2) is 7.43. The zero-order valence-corrected chi connectivity index (χ0v) is 12.3. The second-order valence-electron chi connectivity index (χ2n) is 5.39. The summed E-state index contributed by atoms with van der Waals surface area (Å²) in [5.41, 5.74) is 1.17. The van der Waals surface area contributed by atoms with Gasteiger partial charge in [-0.05, 0) is 41.7 Å². The highest BCUT2D eigenvalue weighted by molar-refractivity contribution is 7.07. The number of hydrogen-bond acceptors (Lipinski definition) is 3. The van der Waals surface area contributed by atoms with Crippen molar-refractivity contribution in [2.75, 3.05) is 0 Å². The van der Waals surface area contributed by atoms with E-state index in [4.69, 9.17) is 0 Å². The highest BCUT2D eigenvalue weighted by atomic mass is 32.1. The van der Waals surface area contributed by atoms with Crippen molar-refractivity contribution < 1.29 is 14.7 Å². The summed E-state index contributed by atoms with van der Waals surface area (Å²) in [4.78, 5) is 23.3. The number of carboxylic acid groups (broad SMARTS) is 1. The third-order valence-electron chi connectivity index (χ3n) is 3.90. The van der Waals surface area contributed by atoms with E-state index in [2.05, 4.69) is 5.32 Å². The molecule has 4 nitrogen and oxygen atoms in total. The van der Waals surface area contributed by atoms with Gasteiger partial charge in [-0.25, -0.2) is 0 Å². The number of carboxylic acids is 1. The Morgan fingerprint density at radius 2 is 2.10 bits per heavy atom. The van der Waals surface area contributed by atoms with Crippen molar-refractivity contribution in [1.29, 1.82) is 0 Å². The molecule has 1 aliphatic rings. The van der Waals surface area contributed by atoms with Crippen molar-refractivity contribution in [1.82, 2.24) is 5.32 Å². The van der Waals surface area contributed by atoms with Crippen LogP contribution in [0.4, 0.5) is 0 Å². The number of hydrogen-bond donors (Lipinski definition) is 2. The minimum Gasteiger partial charge on any atom is -0.481 e. The predicted octanol–water partition coefficient (Wildman–Crippen LogP) is 2.83. The SMILES string of the molecule is O=C(CCc1ccsc1)N[C@H]1CCCCC[C@H]1C(=O)O. The first-order valence-corrected chi connectivity index (χ1v) is 8.14. The van der Waals surface area contributed by atoms with Crippen LogP contribution in [0.2, 0.25) is 0 Å². The van der Waals surface area contributed by atoms with Gasteiger partial charge in [0.15, 0.2) is 0 Å². The van der Waals surface area contributed by atoms with Gasteiger partial charge < -0.3 is 10.4 Å². The zero-order valence-electron chi connectivity index (χ0n) is 11.5. The molecule has 1 saturated carbocycles. The molecular weight excluding hydrogens is 274 g/mol. The molecule has 5 heteroatoms. The summed E-state index contributed by atoms with van der Waals surface area (Å²) in [6.45, 7) is 0. The average Bonchev–Trinajstić information content (AvgIpc) is 2.82. The first-order valence-electron chi connectivity index (χ1n) is 7.20. The number of carbonyl (C=O) groups is 2. The van der Waals surface area contributed by atoms with Crippen LogP contribution < -0.4 is 5.32 Å². The molecule has 1 amide bonds. The van der Waals surface area contributed by atoms with E-state index < -0.39 is 11.9 Å². The van der Waals surface area contributed by atoms with Crippen molar-refractivity contribution in [2.24, 2.45) is 5.92 Å². The fourth-order valence-electron chi connectivity index (χ4n) is 2.75. The number of amides is 1. The molecule has 0 bridgehead atoms. The molecular formula is C15H21NO3S. The summed E-state index contributed by atoms with van der Waals surface area (Å²) in [7, 11) is 0. The van der Waals surface area contributed by atoms with Crippen molar-refractivity contribution in [2.45, 2.75) is 51.0 Å². The van der Waals surface area contributed by atoms with E-state index in [9.17, 15) is 14.7 Å². The lowest BCUT2D eigenvalue weighted by Gasteiger charge is -2.22. The highest BCUT2D eigenvalue weighted by Crippen LogP contribution is 2.24. The maximum Gasteiger partial charge on any atom is 0.308 e. The Bertz CT molecular complexity index is 444. The predicted molar refractivity (Wildman–Crippen MR) is 78.8 cm³/mol. The van der Waals surface area contributed by atoms with Crippen LogP contribution >= 0.6 is 11.3 Å². The fourth-order valence-corrected chi connectivity index (χ4v) is 3.45. The smallest absolute Gasteiger partial charge is 0.308 e. The van der Waals surface area contributed by atoms with Gasteiger partial charge in [0, 0.05) is 12.5 Å². The summed E-state index contributed by atoms with van der Waals surface area (Å²) in [5, 5.41) is 16.3. The molecule has 1 aromatic heterocycles. The third-order valence-corrected chi connectivity index (χ3v) is 4.63. The average molecular weight is 295 g/mol. The minimum atomic E-state index is -0.782. The van der Waals surface area contributed by atoms with E-state index in [-0.39, 0.29) is 11.9 Å². The van der Waals surface area contributed by atoms with Crippen molar-refractivity contribution in [3.8, 4) is 0 Å². The van der Waals surface area contributed by atoms with Crippen molar-refractivity contribution in [3.63, 3.8) is 0 Å². The largest absolute Gasteiger partial charge is 0.481 e. The van der Waals surface area contributed by atoms with Gasteiger partial charge in [-0.15, -0.1) is 0 Å². The molecule has 1 heterocycles. The topological polar surface area (TPSA) is 66.4 Å². The van der Waals surface area contributed by atoms with Gasteiger partial charge in [0.1, 0.15) is 0 Å². The first-order chi connectivity index (χ1) is 9.66. The molecule has 0 spiro atoms. The number of aryl methyl sites for hydroxylation is 1. The summed E-state index contributed by atoms with van der Waals surface area (Å²) < 4.78 is 0. The van der Waals surface area contributed by atoms with Crippen molar-refractivity contribution >= 4 is 23.2 Å². The van der Waals surface area contributed by atoms with Crippen molar-refractivity contribution in [3.05, 3.63) is 22.4 Å². The van der Waals surface area contributed by atoms with E-state index in [0.717, 1.165) is 32.1 Å². The van der Waals surface area contributed by atoms with Crippen LogP contribution in [0.15, 0.2) is 16.8 Å². The number of nitrogens with one attached hydrogen (secondary N) is 1. The molecule has 1 fully saturated rings. The van der Waals surface area contributed by atoms with Gasteiger partial charge >= 0.3 is 5.97 Å². The first kappa shape index (κ1) is 15.0. The van der Waals surface area contributed by atoms with E-state index in [1.807, 2.05) is 16.8 Å². The van der Waals surface area contributed by atoms with Crippen LogP contribution in [-0.2, 0) is 16.0 Å². The molecule has 1 aromatic rings. The quantitative estimate of drug-likeness (QED) is 0.821. The molecule has 1 aliphatic carbocycles. The number of carbonyl (C=O) groups excluding carboxylic acids is 1. The lowest BCUT2D eigenvalue weighted by Crippen LogP contribution is -2.42.